The van der Waals surface area contributed by atoms with Gasteiger partial charge in [0.05, 0.1) is 12.2 Å². The van der Waals surface area contributed by atoms with Crippen LogP contribution >= 0.6 is 11.6 Å². The van der Waals surface area contributed by atoms with Crippen LogP contribution in [0.4, 0.5) is 5.82 Å². The van der Waals surface area contributed by atoms with E-state index in [4.69, 9.17) is 16.3 Å². The van der Waals surface area contributed by atoms with Crippen LogP contribution < -0.4 is 10.1 Å². The lowest BCUT2D eigenvalue weighted by Crippen LogP contribution is -2.30. The highest BCUT2D eigenvalue weighted by molar-refractivity contribution is 6.18. The number of hydrogen-bond acceptors (Lipinski definition) is 4. The molecular weight excluding hydrogens is 262 g/mol. The van der Waals surface area contributed by atoms with E-state index in [-0.39, 0.29) is 5.41 Å². The molecule has 1 N–H and O–H groups in total. The van der Waals surface area contributed by atoms with Crippen molar-refractivity contribution in [3.63, 3.8) is 0 Å². The predicted molar refractivity (Wildman–Crippen MR) is 80.2 cm³/mol. The fraction of sp³-hybridized carbons (Fsp3) is 0.714. The molecule has 1 aromatic rings. The molecule has 0 saturated heterocycles. The molecule has 1 aromatic heterocycles. The van der Waals surface area contributed by atoms with Gasteiger partial charge < -0.3 is 10.1 Å². The van der Waals surface area contributed by atoms with Gasteiger partial charge in [0.15, 0.2) is 0 Å². The molecule has 0 aromatic carbocycles. The lowest BCUT2D eigenvalue weighted by molar-refractivity contribution is 0.321. The minimum absolute atomic E-state index is 0.116. The van der Waals surface area contributed by atoms with Gasteiger partial charge in [-0.1, -0.05) is 13.8 Å². The molecule has 1 heterocycles. The molecule has 19 heavy (non-hydrogen) atoms. The zero-order chi connectivity index (χ0) is 14.3. The highest BCUT2D eigenvalue weighted by atomic mass is 35.5. The smallest absolute Gasteiger partial charge is 0.221 e. The van der Waals surface area contributed by atoms with Gasteiger partial charge in [-0.2, -0.15) is 0 Å². The molecule has 108 valence electrons. The number of alkyl halides is 1. The van der Waals surface area contributed by atoms with Crippen LogP contribution in [0.2, 0.25) is 0 Å². The minimum atomic E-state index is 0.116. The van der Waals surface area contributed by atoms with Crippen molar-refractivity contribution in [2.24, 2.45) is 5.41 Å². The van der Waals surface area contributed by atoms with E-state index < -0.39 is 0 Å². The summed E-state index contributed by atoms with van der Waals surface area (Å²) in [7, 11) is 0. The third-order valence-corrected chi connectivity index (χ3v) is 4.30. The number of anilines is 1. The van der Waals surface area contributed by atoms with E-state index in [0.717, 1.165) is 30.8 Å². The van der Waals surface area contributed by atoms with Crippen LogP contribution in [0.3, 0.4) is 0 Å². The van der Waals surface area contributed by atoms with E-state index in [1.165, 1.54) is 6.33 Å². The Morgan fingerprint density at radius 2 is 1.95 bits per heavy atom. The SMILES string of the molecule is CCOc1ncnc(NCC(CC)(CC)CCl)c1C. The Kier molecular flexibility index (Phi) is 6.35. The maximum absolute atomic E-state index is 6.11. The zero-order valence-corrected chi connectivity index (χ0v) is 13.0. The van der Waals surface area contributed by atoms with Gasteiger partial charge in [0.1, 0.15) is 12.1 Å². The lowest BCUT2D eigenvalue weighted by Gasteiger charge is -2.30. The normalized spacial score (nSPS) is 11.4. The molecule has 0 amide bonds. The Balaban J connectivity index is 2.80. The van der Waals surface area contributed by atoms with E-state index >= 15 is 0 Å². The second kappa shape index (κ2) is 7.53. The molecule has 5 heteroatoms. The van der Waals surface area contributed by atoms with Crippen molar-refractivity contribution in [2.45, 2.75) is 40.5 Å². The van der Waals surface area contributed by atoms with Gasteiger partial charge in [0.25, 0.3) is 0 Å². The van der Waals surface area contributed by atoms with Crippen LogP contribution in [-0.2, 0) is 0 Å². The molecule has 0 spiro atoms. The summed E-state index contributed by atoms with van der Waals surface area (Å²) in [6.45, 7) is 9.67. The topological polar surface area (TPSA) is 47.0 Å². The van der Waals surface area contributed by atoms with Crippen LogP contribution in [0.1, 0.15) is 39.2 Å². The standard InChI is InChI=1S/C14H24ClN3O/c1-5-14(6-2,8-15)9-16-12-11(4)13(19-7-3)18-10-17-12/h10H,5-9H2,1-4H3,(H,16,17,18). The Bertz CT molecular complexity index is 386. The maximum atomic E-state index is 6.11. The maximum Gasteiger partial charge on any atom is 0.221 e. The van der Waals surface area contributed by atoms with Crippen molar-refractivity contribution in [1.82, 2.24) is 9.97 Å². The average molecular weight is 286 g/mol. The minimum Gasteiger partial charge on any atom is -0.478 e. The number of ether oxygens (including phenoxy) is 1. The highest BCUT2D eigenvalue weighted by Crippen LogP contribution is 2.29. The second-order valence-electron chi connectivity index (χ2n) is 4.78. The van der Waals surface area contributed by atoms with E-state index in [1.54, 1.807) is 0 Å². The summed E-state index contributed by atoms with van der Waals surface area (Å²) in [5.41, 5.74) is 1.06. The third kappa shape index (κ3) is 3.96. The van der Waals surface area contributed by atoms with Crippen LogP contribution in [0.5, 0.6) is 5.88 Å². The third-order valence-electron chi connectivity index (χ3n) is 3.73. The summed E-state index contributed by atoms with van der Waals surface area (Å²) in [6.07, 6.45) is 3.62. The molecule has 0 aliphatic carbocycles. The fourth-order valence-electron chi connectivity index (χ4n) is 1.90. The Hall–Kier alpha value is -1.03. The summed E-state index contributed by atoms with van der Waals surface area (Å²) in [4.78, 5) is 8.42. The van der Waals surface area contributed by atoms with Gasteiger partial charge in [0.2, 0.25) is 5.88 Å². The summed E-state index contributed by atoms with van der Waals surface area (Å²) in [5, 5.41) is 3.39. The number of hydrogen-bond donors (Lipinski definition) is 1. The van der Waals surface area contributed by atoms with Crippen LogP contribution in [0.15, 0.2) is 6.33 Å². The van der Waals surface area contributed by atoms with Gasteiger partial charge in [-0.15, -0.1) is 11.6 Å². The lowest BCUT2D eigenvalue weighted by atomic mass is 9.84. The molecule has 0 unspecified atom stereocenters. The number of nitrogens with one attached hydrogen (secondary N) is 1. The number of halogens is 1. The Morgan fingerprint density at radius 1 is 1.26 bits per heavy atom. The highest BCUT2D eigenvalue weighted by Gasteiger charge is 2.25. The van der Waals surface area contributed by atoms with Crippen molar-refractivity contribution < 1.29 is 4.74 Å². The molecule has 0 aliphatic rings. The predicted octanol–water partition coefficient (Wildman–Crippen LogP) is 3.64. The van der Waals surface area contributed by atoms with Crippen molar-refractivity contribution in [1.29, 1.82) is 0 Å². The van der Waals surface area contributed by atoms with Gasteiger partial charge in [-0.25, -0.2) is 9.97 Å². The van der Waals surface area contributed by atoms with Crippen molar-refractivity contribution in [3.8, 4) is 5.88 Å². The van der Waals surface area contributed by atoms with E-state index in [2.05, 4.69) is 29.1 Å². The molecule has 0 fully saturated rings. The zero-order valence-electron chi connectivity index (χ0n) is 12.3. The number of aromatic nitrogens is 2. The molecule has 0 atom stereocenters. The summed E-state index contributed by atoms with van der Waals surface area (Å²) in [6, 6.07) is 0. The molecular formula is C14H24ClN3O. The molecule has 4 nitrogen and oxygen atoms in total. The van der Waals surface area contributed by atoms with Crippen molar-refractivity contribution in [2.75, 3.05) is 24.3 Å². The number of rotatable bonds is 8. The summed E-state index contributed by atoms with van der Waals surface area (Å²) in [5.74, 6) is 2.12. The first kappa shape index (κ1) is 16.0. The first-order chi connectivity index (χ1) is 9.12. The average Bonchev–Trinajstić information content (AvgIpc) is 2.45. The monoisotopic (exact) mass is 285 g/mol. The Morgan fingerprint density at radius 3 is 2.47 bits per heavy atom. The fourth-order valence-corrected chi connectivity index (χ4v) is 2.37. The molecule has 1 rings (SSSR count). The molecule has 0 radical (unpaired) electrons. The second-order valence-corrected chi connectivity index (χ2v) is 5.05. The summed E-state index contributed by atoms with van der Waals surface area (Å²) < 4.78 is 5.47. The van der Waals surface area contributed by atoms with Gasteiger partial charge in [0, 0.05) is 17.8 Å². The van der Waals surface area contributed by atoms with E-state index in [0.29, 0.717) is 18.4 Å². The number of nitrogens with zero attached hydrogens (tertiary/aromatic N) is 2. The van der Waals surface area contributed by atoms with E-state index in [9.17, 15) is 0 Å². The van der Waals surface area contributed by atoms with Gasteiger partial charge in [-0.3, -0.25) is 0 Å². The van der Waals surface area contributed by atoms with E-state index in [1.807, 2.05) is 13.8 Å². The van der Waals surface area contributed by atoms with Gasteiger partial charge in [-0.05, 0) is 26.7 Å². The van der Waals surface area contributed by atoms with Gasteiger partial charge >= 0.3 is 0 Å². The molecule has 0 saturated carbocycles. The molecule has 0 bridgehead atoms. The van der Waals surface area contributed by atoms with Crippen LogP contribution in [0, 0.1) is 12.3 Å². The van der Waals surface area contributed by atoms with Crippen LogP contribution in [-0.4, -0.2) is 29.0 Å². The molecule has 0 aliphatic heterocycles. The van der Waals surface area contributed by atoms with Crippen molar-refractivity contribution >= 4 is 17.4 Å². The largest absolute Gasteiger partial charge is 0.478 e. The van der Waals surface area contributed by atoms with Crippen LogP contribution in [0.25, 0.3) is 0 Å². The van der Waals surface area contributed by atoms with Crippen molar-refractivity contribution in [3.05, 3.63) is 11.9 Å². The first-order valence-electron chi connectivity index (χ1n) is 6.86. The Labute approximate surface area is 120 Å². The first-order valence-corrected chi connectivity index (χ1v) is 7.40. The quantitative estimate of drug-likeness (QED) is 0.741. The summed E-state index contributed by atoms with van der Waals surface area (Å²) >= 11 is 6.11.